The summed E-state index contributed by atoms with van der Waals surface area (Å²) in [5.74, 6) is 0.846. The molecule has 0 saturated carbocycles. The van der Waals surface area contributed by atoms with E-state index in [4.69, 9.17) is 4.74 Å². The first-order valence-electron chi connectivity index (χ1n) is 7.83. The van der Waals surface area contributed by atoms with Crippen LogP contribution >= 0.6 is 11.3 Å². The maximum absolute atomic E-state index is 10.1. The van der Waals surface area contributed by atoms with Crippen LogP contribution in [0.2, 0.25) is 0 Å². The predicted molar refractivity (Wildman–Crippen MR) is 96.0 cm³/mol. The van der Waals surface area contributed by atoms with Gasteiger partial charge in [-0.05, 0) is 34.5 Å². The molecule has 2 heterocycles. The Morgan fingerprint density at radius 3 is 2.88 bits per heavy atom. The smallest absolute Gasteiger partial charge is 0.124 e. The van der Waals surface area contributed by atoms with Crippen molar-refractivity contribution in [2.24, 2.45) is 0 Å². The first-order chi connectivity index (χ1) is 11.8. The lowest BCUT2D eigenvalue weighted by Crippen LogP contribution is -2.21. The SMILES string of the molecule is OC(CNCc1ccccc1OCc1cccnc1)c1ccsc1. The van der Waals surface area contributed by atoms with Gasteiger partial charge < -0.3 is 15.2 Å². The summed E-state index contributed by atoms with van der Waals surface area (Å²) >= 11 is 1.59. The fraction of sp³-hybridized carbons (Fsp3) is 0.211. The molecule has 3 aromatic rings. The zero-order chi connectivity index (χ0) is 16.6. The van der Waals surface area contributed by atoms with Gasteiger partial charge in [-0.15, -0.1) is 0 Å². The van der Waals surface area contributed by atoms with Crippen LogP contribution in [0.1, 0.15) is 22.8 Å². The summed E-state index contributed by atoms with van der Waals surface area (Å²) in [5, 5.41) is 17.3. The molecule has 0 saturated heterocycles. The van der Waals surface area contributed by atoms with Gasteiger partial charge in [0.1, 0.15) is 12.4 Å². The minimum absolute atomic E-state index is 0.486. The second-order valence-electron chi connectivity index (χ2n) is 5.46. The minimum Gasteiger partial charge on any atom is -0.489 e. The van der Waals surface area contributed by atoms with Crippen molar-refractivity contribution in [2.75, 3.05) is 6.54 Å². The number of nitrogens with one attached hydrogen (secondary N) is 1. The van der Waals surface area contributed by atoms with Crippen molar-refractivity contribution in [3.8, 4) is 5.75 Å². The Labute approximate surface area is 145 Å². The van der Waals surface area contributed by atoms with Crippen LogP contribution in [0.5, 0.6) is 5.75 Å². The van der Waals surface area contributed by atoms with E-state index in [1.54, 1.807) is 23.7 Å². The zero-order valence-corrected chi connectivity index (χ0v) is 14.1. The summed E-state index contributed by atoms with van der Waals surface area (Å²) in [6.45, 7) is 1.64. The number of pyridine rings is 1. The van der Waals surface area contributed by atoms with Gasteiger partial charge in [0.25, 0.3) is 0 Å². The van der Waals surface area contributed by atoms with Crippen LogP contribution in [-0.4, -0.2) is 16.6 Å². The quantitative estimate of drug-likeness (QED) is 0.658. The van der Waals surface area contributed by atoms with Crippen molar-refractivity contribution in [1.82, 2.24) is 10.3 Å². The van der Waals surface area contributed by atoms with E-state index in [0.717, 1.165) is 22.4 Å². The van der Waals surface area contributed by atoms with E-state index in [1.807, 2.05) is 53.2 Å². The van der Waals surface area contributed by atoms with Crippen molar-refractivity contribution in [3.05, 3.63) is 82.3 Å². The van der Waals surface area contributed by atoms with Gasteiger partial charge in [0, 0.05) is 36.6 Å². The number of aliphatic hydroxyl groups excluding tert-OH is 1. The molecule has 0 aliphatic rings. The van der Waals surface area contributed by atoms with E-state index in [9.17, 15) is 5.11 Å². The number of ether oxygens (including phenoxy) is 1. The number of para-hydroxylation sites is 1. The maximum atomic E-state index is 10.1. The molecule has 2 N–H and O–H groups in total. The van der Waals surface area contributed by atoms with Gasteiger partial charge in [-0.25, -0.2) is 0 Å². The highest BCUT2D eigenvalue weighted by Crippen LogP contribution is 2.20. The van der Waals surface area contributed by atoms with Gasteiger partial charge in [0.05, 0.1) is 6.10 Å². The van der Waals surface area contributed by atoms with Crippen LogP contribution in [0.15, 0.2) is 65.6 Å². The second kappa shape index (κ2) is 8.59. The molecule has 0 fully saturated rings. The Bertz CT molecular complexity index is 732. The van der Waals surface area contributed by atoms with Gasteiger partial charge in [0.2, 0.25) is 0 Å². The fourth-order valence-electron chi connectivity index (χ4n) is 2.36. The van der Waals surface area contributed by atoms with Gasteiger partial charge in [0.15, 0.2) is 0 Å². The van der Waals surface area contributed by atoms with Crippen LogP contribution in [0.25, 0.3) is 0 Å². The standard InChI is InChI=1S/C19H20N2O2S/c22-18(17-7-9-24-14-17)12-21-11-16-5-1-2-6-19(16)23-13-15-4-3-8-20-10-15/h1-10,14,18,21-22H,11-13H2. The number of nitrogens with zero attached hydrogens (tertiary/aromatic N) is 1. The van der Waals surface area contributed by atoms with Gasteiger partial charge >= 0.3 is 0 Å². The molecule has 0 bridgehead atoms. The van der Waals surface area contributed by atoms with Crippen molar-refractivity contribution in [1.29, 1.82) is 0 Å². The fourth-order valence-corrected chi connectivity index (χ4v) is 3.07. The van der Waals surface area contributed by atoms with E-state index in [2.05, 4.69) is 10.3 Å². The van der Waals surface area contributed by atoms with Gasteiger partial charge in [-0.2, -0.15) is 11.3 Å². The number of benzene rings is 1. The van der Waals surface area contributed by atoms with Crippen molar-refractivity contribution < 1.29 is 9.84 Å². The third-order valence-electron chi connectivity index (χ3n) is 3.67. The lowest BCUT2D eigenvalue weighted by atomic mass is 10.1. The normalized spacial score (nSPS) is 12.0. The molecule has 1 unspecified atom stereocenters. The zero-order valence-electron chi connectivity index (χ0n) is 13.3. The Hall–Kier alpha value is -2.21. The molecule has 0 spiro atoms. The highest BCUT2D eigenvalue weighted by atomic mass is 32.1. The van der Waals surface area contributed by atoms with Crippen LogP contribution in [0.4, 0.5) is 0 Å². The Kier molecular flexibility index (Phi) is 5.96. The van der Waals surface area contributed by atoms with Crippen LogP contribution in [0.3, 0.4) is 0 Å². The number of hydrogen-bond acceptors (Lipinski definition) is 5. The van der Waals surface area contributed by atoms with E-state index >= 15 is 0 Å². The third kappa shape index (κ3) is 4.64. The molecule has 0 radical (unpaired) electrons. The molecule has 124 valence electrons. The third-order valence-corrected chi connectivity index (χ3v) is 4.37. The van der Waals surface area contributed by atoms with E-state index in [1.165, 1.54) is 0 Å². The molecule has 1 atom stereocenters. The number of rotatable bonds is 8. The molecular weight excluding hydrogens is 320 g/mol. The van der Waals surface area contributed by atoms with E-state index < -0.39 is 6.10 Å². The van der Waals surface area contributed by atoms with Gasteiger partial charge in [-0.3, -0.25) is 4.98 Å². The molecule has 4 nitrogen and oxygen atoms in total. The Balaban J connectivity index is 1.54. The largest absolute Gasteiger partial charge is 0.489 e. The lowest BCUT2D eigenvalue weighted by molar-refractivity contribution is 0.174. The predicted octanol–water partition coefficient (Wildman–Crippen LogP) is 3.55. The number of hydrogen-bond donors (Lipinski definition) is 2. The highest BCUT2D eigenvalue weighted by molar-refractivity contribution is 7.07. The minimum atomic E-state index is -0.486. The molecule has 2 aromatic heterocycles. The summed E-state index contributed by atoms with van der Waals surface area (Å²) < 4.78 is 5.91. The Morgan fingerprint density at radius 1 is 1.17 bits per heavy atom. The first-order valence-corrected chi connectivity index (χ1v) is 8.77. The highest BCUT2D eigenvalue weighted by Gasteiger charge is 2.08. The summed E-state index contributed by atoms with van der Waals surface area (Å²) in [6.07, 6.45) is 3.07. The van der Waals surface area contributed by atoms with Crippen molar-refractivity contribution >= 4 is 11.3 Å². The maximum Gasteiger partial charge on any atom is 0.124 e. The number of thiophene rings is 1. The van der Waals surface area contributed by atoms with E-state index in [0.29, 0.717) is 19.7 Å². The summed E-state index contributed by atoms with van der Waals surface area (Å²) in [4.78, 5) is 4.09. The molecular formula is C19H20N2O2S. The van der Waals surface area contributed by atoms with Crippen molar-refractivity contribution in [2.45, 2.75) is 19.3 Å². The molecule has 1 aromatic carbocycles. The topological polar surface area (TPSA) is 54.4 Å². The average Bonchev–Trinajstić information content (AvgIpc) is 3.16. The van der Waals surface area contributed by atoms with E-state index in [-0.39, 0.29) is 0 Å². The molecule has 24 heavy (non-hydrogen) atoms. The molecule has 0 aliphatic carbocycles. The Morgan fingerprint density at radius 2 is 2.08 bits per heavy atom. The first kappa shape index (κ1) is 16.6. The molecule has 0 amide bonds. The lowest BCUT2D eigenvalue weighted by Gasteiger charge is -2.14. The average molecular weight is 340 g/mol. The number of aliphatic hydroxyl groups is 1. The van der Waals surface area contributed by atoms with Gasteiger partial charge in [-0.1, -0.05) is 24.3 Å². The van der Waals surface area contributed by atoms with Crippen LogP contribution in [0, 0.1) is 0 Å². The summed E-state index contributed by atoms with van der Waals surface area (Å²) in [5.41, 5.74) is 3.06. The summed E-state index contributed by atoms with van der Waals surface area (Å²) in [7, 11) is 0. The number of aromatic nitrogens is 1. The molecule has 0 aliphatic heterocycles. The second-order valence-corrected chi connectivity index (χ2v) is 6.24. The molecule has 3 rings (SSSR count). The molecule has 5 heteroatoms. The van der Waals surface area contributed by atoms with Crippen LogP contribution < -0.4 is 10.1 Å². The van der Waals surface area contributed by atoms with Crippen molar-refractivity contribution in [3.63, 3.8) is 0 Å². The monoisotopic (exact) mass is 340 g/mol. The summed E-state index contributed by atoms with van der Waals surface area (Å²) in [6, 6.07) is 13.8. The van der Waals surface area contributed by atoms with Crippen LogP contribution in [-0.2, 0) is 13.2 Å².